The Morgan fingerprint density at radius 1 is 1.18 bits per heavy atom. The van der Waals surface area contributed by atoms with Crippen LogP contribution in [0.4, 0.5) is 15.8 Å². The number of nitrogens with zero attached hydrogens (tertiary/aromatic N) is 2. The topological polar surface area (TPSA) is 77.8 Å². The Hall–Kier alpha value is -2.87. The van der Waals surface area contributed by atoms with Gasteiger partial charge in [-0.05, 0) is 57.3 Å². The minimum Gasteiger partial charge on any atom is -0.459 e. The number of anilines is 2. The number of carbonyl (C=O) groups is 2. The van der Waals surface area contributed by atoms with E-state index in [1.807, 2.05) is 4.90 Å². The van der Waals surface area contributed by atoms with Gasteiger partial charge in [0.05, 0.1) is 12.0 Å². The summed E-state index contributed by atoms with van der Waals surface area (Å²) in [7, 11) is 2.06. The fraction of sp³-hybridized carbons (Fsp3) is 0.400. The van der Waals surface area contributed by atoms with Crippen molar-refractivity contribution in [3.8, 4) is 0 Å². The van der Waals surface area contributed by atoms with Crippen molar-refractivity contribution in [2.75, 3.05) is 43.4 Å². The predicted molar refractivity (Wildman–Crippen MR) is 105 cm³/mol. The maximum atomic E-state index is 14.6. The van der Waals surface area contributed by atoms with E-state index in [0.29, 0.717) is 11.4 Å². The second kappa shape index (κ2) is 8.88. The zero-order valence-electron chi connectivity index (χ0n) is 16.1. The van der Waals surface area contributed by atoms with Gasteiger partial charge in [0.25, 0.3) is 5.91 Å². The summed E-state index contributed by atoms with van der Waals surface area (Å²) >= 11 is 0. The third-order valence-corrected chi connectivity index (χ3v) is 4.76. The third-order valence-electron chi connectivity index (χ3n) is 4.76. The molecule has 0 saturated carbocycles. The number of hydrogen-bond acceptors (Lipinski definition) is 5. The molecular formula is C20H25FN4O3. The Kier molecular flexibility index (Phi) is 6.30. The quantitative estimate of drug-likeness (QED) is 0.822. The molecule has 1 saturated heterocycles. The van der Waals surface area contributed by atoms with Crippen molar-refractivity contribution in [3.05, 3.63) is 48.2 Å². The molecule has 1 aromatic heterocycles. The molecule has 1 aliphatic rings. The standard InChI is InChI=1S/C20H25FN4O3/c1-14(22-20(27)18-5-3-12-28-18)19(26)23-15-6-7-17(16(21)13-15)25-9-4-8-24(2)10-11-25/h3,5-7,12-14H,4,8-11H2,1-2H3,(H,22,27)(H,23,26). The Morgan fingerprint density at radius 2 is 2.00 bits per heavy atom. The molecule has 150 valence electrons. The molecule has 7 nitrogen and oxygen atoms in total. The highest BCUT2D eigenvalue weighted by Crippen LogP contribution is 2.24. The van der Waals surface area contributed by atoms with Crippen LogP contribution in [0.15, 0.2) is 41.0 Å². The number of hydrogen-bond donors (Lipinski definition) is 2. The van der Waals surface area contributed by atoms with Gasteiger partial charge in [0.1, 0.15) is 11.9 Å². The molecule has 28 heavy (non-hydrogen) atoms. The van der Waals surface area contributed by atoms with Crippen molar-refractivity contribution < 1.29 is 18.4 Å². The number of halogens is 1. The van der Waals surface area contributed by atoms with Crippen LogP contribution in [0, 0.1) is 5.82 Å². The summed E-state index contributed by atoms with van der Waals surface area (Å²) in [6, 6.07) is 6.96. The molecule has 3 rings (SSSR count). The number of furan rings is 1. The lowest BCUT2D eigenvalue weighted by atomic mass is 10.2. The first-order valence-corrected chi connectivity index (χ1v) is 9.32. The monoisotopic (exact) mass is 388 g/mol. The maximum absolute atomic E-state index is 14.6. The SMILES string of the molecule is CC(NC(=O)c1ccco1)C(=O)Nc1ccc(N2CCCN(C)CC2)c(F)c1. The number of carbonyl (C=O) groups excluding carboxylic acids is 2. The molecule has 1 unspecified atom stereocenters. The molecule has 8 heteroatoms. The predicted octanol–water partition coefficient (Wildman–Crippen LogP) is 2.32. The molecule has 1 aromatic carbocycles. The van der Waals surface area contributed by atoms with Gasteiger partial charge in [0.2, 0.25) is 5.91 Å². The average molecular weight is 388 g/mol. The largest absolute Gasteiger partial charge is 0.459 e. The van der Waals surface area contributed by atoms with Gasteiger partial charge in [-0.3, -0.25) is 9.59 Å². The number of likely N-dealkylation sites (N-methyl/N-ethyl adjacent to an activating group) is 1. The average Bonchev–Trinajstić information content (AvgIpc) is 3.12. The van der Waals surface area contributed by atoms with E-state index < -0.39 is 17.9 Å². The summed E-state index contributed by atoms with van der Waals surface area (Å²) in [6.07, 6.45) is 2.35. The first-order chi connectivity index (χ1) is 13.4. The van der Waals surface area contributed by atoms with Gasteiger partial charge in [0.15, 0.2) is 5.76 Å². The van der Waals surface area contributed by atoms with E-state index in [1.165, 1.54) is 18.4 Å². The van der Waals surface area contributed by atoms with Gasteiger partial charge in [-0.2, -0.15) is 0 Å². The van der Waals surface area contributed by atoms with Crippen LogP contribution < -0.4 is 15.5 Å². The number of nitrogens with one attached hydrogen (secondary N) is 2. The smallest absolute Gasteiger partial charge is 0.287 e. The highest BCUT2D eigenvalue weighted by atomic mass is 19.1. The van der Waals surface area contributed by atoms with E-state index in [4.69, 9.17) is 4.42 Å². The zero-order chi connectivity index (χ0) is 20.1. The highest BCUT2D eigenvalue weighted by Gasteiger charge is 2.20. The second-order valence-corrected chi connectivity index (χ2v) is 6.97. The van der Waals surface area contributed by atoms with E-state index in [1.54, 1.807) is 25.1 Å². The lowest BCUT2D eigenvalue weighted by Crippen LogP contribution is -2.41. The lowest BCUT2D eigenvalue weighted by molar-refractivity contribution is -0.117. The van der Waals surface area contributed by atoms with Gasteiger partial charge >= 0.3 is 0 Å². The van der Waals surface area contributed by atoms with E-state index >= 15 is 0 Å². The van der Waals surface area contributed by atoms with Gasteiger partial charge in [-0.1, -0.05) is 0 Å². The van der Waals surface area contributed by atoms with Gasteiger partial charge < -0.3 is 24.9 Å². The Labute approximate surface area is 163 Å². The maximum Gasteiger partial charge on any atom is 0.287 e. The van der Waals surface area contributed by atoms with Gasteiger partial charge in [-0.25, -0.2) is 4.39 Å². The van der Waals surface area contributed by atoms with E-state index in [2.05, 4.69) is 22.6 Å². The number of benzene rings is 1. The molecule has 1 aliphatic heterocycles. The molecule has 0 radical (unpaired) electrons. The van der Waals surface area contributed by atoms with Crippen molar-refractivity contribution in [2.24, 2.45) is 0 Å². The molecule has 2 amide bonds. The number of rotatable bonds is 5. The van der Waals surface area contributed by atoms with Crippen LogP contribution in [0.3, 0.4) is 0 Å². The molecule has 2 N–H and O–H groups in total. The fourth-order valence-electron chi connectivity index (χ4n) is 3.12. The van der Waals surface area contributed by atoms with Crippen LogP contribution in [0.2, 0.25) is 0 Å². The highest BCUT2D eigenvalue weighted by molar-refractivity contribution is 5.99. The van der Waals surface area contributed by atoms with Crippen molar-refractivity contribution in [1.82, 2.24) is 10.2 Å². The molecule has 0 bridgehead atoms. The van der Waals surface area contributed by atoms with Crippen molar-refractivity contribution in [1.29, 1.82) is 0 Å². The molecule has 2 heterocycles. The van der Waals surface area contributed by atoms with Crippen molar-refractivity contribution >= 4 is 23.2 Å². The first-order valence-electron chi connectivity index (χ1n) is 9.32. The van der Waals surface area contributed by atoms with Crippen LogP contribution in [0.5, 0.6) is 0 Å². The lowest BCUT2D eigenvalue weighted by Gasteiger charge is -2.23. The summed E-state index contributed by atoms with van der Waals surface area (Å²) in [5.41, 5.74) is 0.879. The van der Waals surface area contributed by atoms with Crippen molar-refractivity contribution in [3.63, 3.8) is 0 Å². The van der Waals surface area contributed by atoms with Crippen LogP contribution >= 0.6 is 0 Å². The van der Waals surface area contributed by atoms with Crippen LogP contribution in [0.25, 0.3) is 0 Å². The Bertz CT molecular complexity index is 825. The van der Waals surface area contributed by atoms with E-state index in [0.717, 1.165) is 32.6 Å². The van der Waals surface area contributed by atoms with E-state index in [9.17, 15) is 14.0 Å². The van der Waals surface area contributed by atoms with Crippen LogP contribution in [0.1, 0.15) is 23.9 Å². The first kappa shape index (κ1) is 19.9. The third kappa shape index (κ3) is 4.89. The summed E-state index contributed by atoms with van der Waals surface area (Å²) in [5, 5.41) is 5.17. The molecule has 2 aromatic rings. The fourth-order valence-corrected chi connectivity index (χ4v) is 3.12. The minimum atomic E-state index is -0.804. The second-order valence-electron chi connectivity index (χ2n) is 6.97. The van der Waals surface area contributed by atoms with Crippen molar-refractivity contribution in [2.45, 2.75) is 19.4 Å². The molecule has 0 spiro atoms. The van der Waals surface area contributed by atoms with Gasteiger partial charge in [-0.15, -0.1) is 0 Å². The minimum absolute atomic E-state index is 0.123. The Morgan fingerprint density at radius 3 is 2.71 bits per heavy atom. The Balaban J connectivity index is 1.60. The molecular weight excluding hydrogens is 363 g/mol. The zero-order valence-corrected chi connectivity index (χ0v) is 16.1. The molecule has 1 fully saturated rings. The normalized spacial score (nSPS) is 16.3. The summed E-state index contributed by atoms with van der Waals surface area (Å²) in [5.74, 6) is -1.18. The van der Waals surface area contributed by atoms with Crippen LogP contribution in [-0.4, -0.2) is 56.0 Å². The molecule has 1 atom stereocenters. The number of amides is 2. The summed E-state index contributed by atoms with van der Waals surface area (Å²) in [6.45, 7) is 4.98. The summed E-state index contributed by atoms with van der Waals surface area (Å²) in [4.78, 5) is 28.5. The molecule has 0 aliphatic carbocycles. The van der Waals surface area contributed by atoms with E-state index in [-0.39, 0.29) is 11.6 Å². The summed E-state index contributed by atoms with van der Waals surface area (Å²) < 4.78 is 19.6. The van der Waals surface area contributed by atoms with Gasteiger partial charge in [0, 0.05) is 25.3 Å². The van der Waals surface area contributed by atoms with Crippen LogP contribution in [-0.2, 0) is 4.79 Å².